The Kier molecular flexibility index (Phi) is 4.34. The highest BCUT2D eigenvalue weighted by atomic mass is 35.5. The third kappa shape index (κ3) is 3.37. The van der Waals surface area contributed by atoms with Gasteiger partial charge in [0.25, 0.3) is 0 Å². The van der Waals surface area contributed by atoms with Crippen LogP contribution in [0, 0.1) is 0 Å². The van der Waals surface area contributed by atoms with Crippen molar-refractivity contribution >= 4 is 17.6 Å². The monoisotopic (exact) mass is 331 g/mol. The Morgan fingerprint density at radius 3 is 2.65 bits per heavy atom. The van der Waals surface area contributed by atoms with E-state index in [9.17, 15) is 0 Å². The molecule has 0 aliphatic heterocycles. The molecule has 23 heavy (non-hydrogen) atoms. The van der Waals surface area contributed by atoms with Crippen molar-refractivity contribution in [1.82, 2.24) is 10.2 Å². The number of halogens is 1. The molecule has 1 heterocycles. The van der Waals surface area contributed by atoms with Crippen molar-refractivity contribution in [1.29, 1.82) is 0 Å². The predicted octanol–water partition coefficient (Wildman–Crippen LogP) is 3.56. The molecule has 2 aromatic carbocycles. The van der Waals surface area contributed by atoms with E-state index in [1.54, 1.807) is 25.3 Å². The van der Waals surface area contributed by atoms with E-state index in [0.717, 1.165) is 5.56 Å². The Balaban J connectivity index is 1.86. The van der Waals surface area contributed by atoms with Gasteiger partial charge in [-0.25, -0.2) is 0 Å². The fourth-order valence-corrected chi connectivity index (χ4v) is 2.24. The fourth-order valence-electron chi connectivity index (χ4n) is 2.04. The average molecular weight is 332 g/mol. The van der Waals surface area contributed by atoms with E-state index in [2.05, 4.69) is 10.2 Å². The maximum atomic E-state index is 6.14. The van der Waals surface area contributed by atoms with E-state index in [1.807, 2.05) is 24.3 Å². The number of methoxy groups -OCH3 is 1. The molecule has 3 rings (SSSR count). The summed E-state index contributed by atoms with van der Waals surface area (Å²) < 4.78 is 16.4. The molecule has 0 aliphatic carbocycles. The number of nitrogens with zero attached hydrogens (tertiary/aromatic N) is 2. The van der Waals surface area contributed by atoms with Crippen LogP contribution in [0.2, 0.25) is 5.02 Å². The van der Waals surface area contributed by atoms with Crippen LogP contribution < -0.4 is 15.2 Å². The standard InChI is InChI=1S/C16H14ClN3O3/c1-21-13-7-6-10(15-19-20-16(18)23-15)8-14(13)22-9-11-4-2-3-5-12(11)17/h2-8H,9H2,1H3,(H2,18,20). The quantitative estimate of drug-likeness (QED) is 0.769. The van der Waals surface area contributed by atoms with Crippen LogP contribution in [0.3, 0.4) is 0 Å². The molecule has 2 N–H and O–H groups in total. The Morgan fingerprint density at radius 1 is 1.13 bits per heavy atom. The van der Waals surface area contributed by atoms with Gasteiger partial charge in [0.05, 0.1) is 7.11 Å². The van der Waals surface area contributed by atoms with Crippen molar-refractivity contribution < 1.29 is 13.9 Å². The van der Waals surface area contributed by atoms with E-state index in [4.69, 9.17) is 31.2 Å². The Bertz CT molecular complexity index is 820. The smallest absolute Gasteiger partial charge is 0.313 e. The molecule has 0 spiro atoms. The first-order valence-corrected chi connectivity index (χ1v) is 7.19. The number of nitrogens with two attached hydrogens (primary N) is 1. The SMILES string of the molecule is COc1ccc(-c2nnc(N)o2)cc1OCc1ccccc1Cl. The van der Waals surface area contributed by atoms with Gasteiger partial charge in [-0.1, -0.05) is 34.9 Å². The molecule has 118 valence electrons. The predicted molar refractivity (Wildman–Crippen MR) is 86.5 cm³/mol. The highest BCUT2D eigenvalue weighted by Crippen LogP contribution is 2.33. The molecule has 1 aromatic heterocycles. The molecule has 0 saturated heterocycles. The van der Waals surface area contributed by atoms with E-state index in [0.29, 0.717) is 34.6 Å². The zero-order chi connectivity index (χ0) is 16.2. The van der Waals surface area contributed by atoms with Gasteiger partial charge in [0.1, 0.15) is 6.61 Å². The minimum atomic E-state index is 0.00866. The summed E-state index contributed by atoms with van der Waals surface area (Å²) in [6, 6.07) is 12.8. The Morgan fingerprint density at radius 2 is 1.96 bits per heavy atom. The van der Waals surface area contributed by atoms with Gasteiger partial charge in [0.15, 0.2) is 11.5 Å². The first-order chi connectivity index (χ1) is 11.2. The molecule has 0 unspecified atom stereocenters. The van der Waals surface area contributed by atoms with Gasteiger partial charge in [-0.15, -0.1) is 5.10 Å². The molecule has 0 bridgehead atoms. The lowest BCUT2D eigenvalue weighted by molar-refractivity contribution is 0.284. The molecule has 7 heteroatoms. The first-order valence-electron chi connectivity index (χ1n) is 6.81. The maximum absolute atomic E-state index is 6.14. The van der Waals surface area contributed by atoms with Crippen LogP contribution in [0.1, 0.15) is 5.56 Å². The normalized spacial score (nSPS) is 10.5. The summed E-state index contributed by atoms with van der Waals surface area (Å²) in [4.78, 5) is 0. The van der Waals surface area contributed by atoms with Crippen molar-refractivity contribution in [3.8, 4) is 23.0 Å². The zero-order valence-corrected chi connectivity index (χ0v) is 13.1. The minimum Gasteiger partial charge on any atom is -0.493 e. The van der Waals surface area contributed by atoms with Crippen LogP contribution in [0.15, 0.2) is 46.9 Å². The van der Waals surface area contributed by atoms with Gasteiger partial charge in [-0.3, -0.25) is 0 Å². The van der Waals surface area contributed by atoms with Gasteiger partial charge in [-0.05, 0) is 24.3 Å². The number of rotatable bonds is 5. The molecule has 0 fully saturated rings. The first kappa shape index (κ1) is 15.2. The number of anilines is 1. The van der Waals surface area contributed by atoms with Gasteiger partial charge in [0, 0.05) is 16.1 Å². The highest BCUT2D eigenvalue weighted by Gasteiger charge is 2.12. The number of benzene rings is 2. The van der Waals surface area contributed by atoms with Crippen molar-refractivity contribution in [3.05, 3.63) is 53.1 Å². The van der Waals surface area contributed by atoms with E-state index < -0.39 is 0 Å². The van der Waals surface area contributed by atoms with Crippen LogP contribution in [-0.2, 0) is 6.61 Å². The lowest BCUT2D eigenvalue weighted by Crippen LogP contribution is -1.98. The van der Waals surface area contributed by atoms with E-state index in [1.165, 1.54) is 0 Å². The molecule has 6 nitrogen and oxygen atoms in total. The second-order valence-electron chi connectivity index (χ2n) is 4.69. The molecule has 0 amide bonds. The molecular weight excluding hydrogens is 318 g/mol. The van der Waals surface area contributed by atoms with E-state index in [-0.39, 0.29) is 6.01 Å². The number of hydrogen-bond donors (Lipinski definition) is 1. The van der Waals surface area contributed by atoms with Crippen LogP contribution in [0.25, 0.3) is 11.5 Å². The number of ether oxygens (including phenoxy) is 2. The van der Waals surface area contributed by atoms with Crippen LogP contribution >= 0.6 is 11.6 Å². The number of aromatic nitrogens is 2. The van der Waals surface area contributed by atoms with Crippen molar-refractivity contribution in [2.24, 2.45) is 0 Å². The molecular formula is C16H14ClN3O3. The number of hydrogen-bond acceptors (Lipinski definition) is 6. The maximum Gasteiger partial charge on any atom is 0.313 e. The van der Waals surface area contributed by atoms with Gasteiger partial charge in [0.2, 0.25) is 5.89 Å². The second-order valence-corrected chi connectivity index (χ2v) is 5.10. The second kappa shape index (κ2) is 6.58. The summed E-state index contributed by atoms with van der Waals surface area (Å²) in [6.07, 6.45) is 0. The molecule has 0 atom stereocenters. The van der Waals surface area contributed by atoms with Gasteiger partial charge < -0.3 is 19.6 Å². The van der Waals surface area contributed by atoms with Crippen molar-refractivity contribution in [2.75, 3.05) is 12.8 Å². The lowest BCUT2D eigenvalue weighted by atomic mass is 10.2. The summed E-state index contributed by atoms with van der Waals surface area (Å²) in [5.41, 5.74) is 7.01. The van der Waals surface area contributed by atoms with Gasteiger partial charge in [-0.2, -0.15) is 0 Å². The Labute approximate surface area is 137 Å². The van der Waals surface area contributed by atoms with Crippen LogP contribution in [-0.4, -0.2) is 17.3 Å². The van der Waals surface area contributed by atoms with Crippen LogP contribution in [0.4, 0.5) is 6.01 Å². The highest BCUT2D eigenvalue weighted by molar-refractivity contribution is 6.31. The largest absolute Gasteiger partial charge is 0.493 e. The van der Waals surface area contributed by atoms with Gasteiger partial charge >= 0.3 is 6.01 Å². The minimum absolute atomic E-state index is 0.00866. The lowest BCUT2D eigenvalue weighted by Gasteiger charge is -2.12. The topological polar surface area (TPSA) is 83.4 Å². The van der Waals surface area contributed by atoms with Crippen molar-refractivity contribution in [3.63, 3.8) is 0 Å². The van der Waals surface area contributed by atoms with Crippen molar-refractivity contribution in [2.45, 2.75) is 6.61 Å². The molecule has 0 aliphatic rings. The van der Waals surface area contributed by atoms with E-state index >= 15 is 0 Å². The molecule has 3 aromatic rings. The number of nitrogen functional groups attached to an aromatic ring is 1. The third-order valence-corrected chi connectivity index (χ3v) is 3.56. The van der Waals surface area contributed by atoms with Crippen LogP contribution in [0.5, 0.6) is 11.5 Å². The Hall–Kier alpha value is -2.73. The summed E-state index contributed by atoms with van der Waals surface area (Å²) in [6.45, 7) is 0.311. The average Bonchev–Trinajstić information content (AvgIpc) is 3.00. The summed E-state index contributed by atoms with van der Waals surface area (Å²) in [5.74, 6) is 1.45. The fraction of sp³-hybridized carbons (Fsp3) is 0.125. The summed E-state index contributed by atoms with van der Waals surface area (Å²) in [7, 11) is 1.57. The third-order valence-electron chi connectivity index (χ3n) is 3.19. The summed E-state index contributed by atoms with van der Waals surface area (Å²) in [5, 5.41) is 8.14. The summed E-state index contributed by atoms with van der Waals surface area (Å²) >= 11 is 6.14. The zero-order valence-electron chi connectivity index (χ0n) is 12.3. The molecule has 0 radical (unpaired) electrons. The molecule has 0 saturated carbocycles.